The number of hydrogen-bond acceptors (Lipinski definition) is 3. The highest BCUT2D eigenvalue weighted by Crippen LogP contribution is 2.61. The van der Waals surface area contributed by atoms with Crippen LogP contribution in [0, 0.1) is 0 Å². The molecule has 0 amide bonds. The van der Waals surface area contributed by atoms with Crippen LogP contribution >= 0.6 is 0 Å². The average molecular weight is 306 g/mol. The van der Waals surface area contributed by atoms with Crippen LogP contribution in [0.25, 0.3) is 0 Å². The number of rotatable bonds is 5. The number of epoxide rings is 1. The van der Waals surface area contributed by atoms with E-state index in [2.05, 4.69) is 6.58 Å². The van der Waals surface area contributed by atoms with Crippen molar-refractivity contribution in [1.82, 2.24) is 0 Å². The van der Waals surface area contributed by atoms with Crippen LogP contribution in [0.2, 0.25) is 0 Å². The van der Waals surface area contributed by atoms with E-state index in [1.165, 1.54) is 0 Å². The van der Waals surface area contributed by atoms with Crippen molar-refractivity contribution in [2.45, 2.75) is 30.1 Å². The predicted molar refractivity (Wildman–Crippen MR) is 86.8 cm³/mol. The van der Waals surface area contributed by atoms with Crippen LogP contribution in [0.3, 0.4) is 0 Å². The SMILES string of the molecule is C=CCC[C@@]12O[C@@H]1C(c1ccccc1)(c1ccccc1)OC2=O. The van der Waals surface area contributed by atoms with Gasteiger partial charge in [0.05, 0.1) is 0 Å². The molecule has 3 heteroatoms. The Kier molecular flexibility index (Phi) is 3.13. The fourth-order valence-electron chi connectivity index (χ4n) is 3.60. The first-order valence-electron chi connectivity index (χ1n) is 7.87. The Morgan fingerprint density at radius 3 is 2.04 bits per heavy atom. The maximum Gasteiger partial charge on any atom is 0.342 e. The molecule has 2 aromatic rings. The second-order valence-corrected chi connectivity index (χ2v) is 6.07. The number of cyclic esters (lactones) is 1. The van der Waals surface area contributed by atoms with Crippen molar-refractivity contribution in [2.24, 2.45) is 0 Å². The minimum atomic E-state index is -0.860. The zero-order valence-electron chi connectivity index (χ0n) is 12.8. The van der Waals surface area contributed by atoms with Gasteiger partial charge in [0.25, 0.3) is 0 Å². The van der Waals surface area contributed by atoms with Gasteiger partial charge in [-0.2, -0.15) is 0 Å². The molecule has 0 bridgehead atoms. The minimum absolute atomic E-state index is 0.267. The second kappa shape index (κ2) is 5.07. The van der Waals surface area contributed by atoms with E-state index in [1.807, 2.05) is 66.7 Å². The van der Waals surface area contributed by atoms with Crippen LogP contribution in [0.1, 0.15) is 24.0 Å². The lowest BCUT2D eigenvalue weighted by Gasteiger charge is -2.30. The summed E-state index contributed by atoms with van der Waals surface area (Å²) < 4.78 is 11.9. The summed E-state index contributed by atoms with van der Waals surface area (Å²) in [4.78, 5) is 12.6. The first kappa shape index (κ1) is 14.2. The molecule has 0 spiro atoms. The van der Waals surface area contributed by atoms with Gasteiger partial charge < -0.3 is 9.47 Å². The molecule has 2 aromatic carbocycles. The minimum Gasteiger partial charge on any atom is -0.444 e. The Labute approximate surface area is 135 Å². The highest BCUT2D eigenvalue weighted by molar-refractivity contribution is 5.88. The van der Waals surface area contributed by atoms with Crippen molar-refractivity contribution in [3.63, 3.8) is 0 Å². The summed E-state index contributed by atoms with van der Waals surface area (Å²) >= 11 is 0. The van der Waals surface area contributed by atoms with Crippen LogP contribution in [0.4, 0.5) is 0 Å². The molecule has 0 radical (unpaired) electrons. The Bertz CT molecular complexity index is 698. The van der Waals surface area contributed by atoms with Gasteiger partial charge in [-0.3, -0.25) is 0 Å². The Morgan fingerprint density at radius 2 is 1.57 bits per heavy atom. The van der Waals surface area contributed by atoms with Gasteiger partial charge in [0.2, 0.25) is 0 Å². The molecule has 2 aliphatic heterocycles. The van der Waals surface area contributed by atoms with Crippen LogP contribution in [0.5, 0.6) is 0 Å². The number of fused-ring (bicyclic) bond motifs is 1. The fraction of sp³-hybridized carbons (Fsp3) is 0.250. The lowest BCUT2D eigenvalue weighted by Crippen LogP contribution is -2.34. The molecule has 2 saturated heterocycles. The zero-order chi connectivity index (χ0) is 15.9. The maximum atomic E-state index is 12.6. The van der Waals surface area contributed by atoms with E-state index in [0.29, 0.717) is 6.42 Å². The smallest absolute Gasteiger partial charge is 0.342 e. The summed E-state index contributed by atoms with van der Waals surface area (Å²) in [6.45, 7) is 3.74. The van der Waals surface area contributed by atoms with Crippen molar-refractivity contribution in [3.8, 4) is 0 Å². The third-order valence-corrected chi connectivity index (χ3v) is 4.79. The third kappa shape index (κ3) is 1.90. The standard InChI is InChI=1S/C20H18O3/c1-2-3-14-19-17(22-19)20(23-18(19)21,15-10-6-4-7-11-15)16-12-8-5-9-13-16/h2,4-13,17H,1,3,14H2/t17-,19+/m0/s1. The monoisotopic (exact) mass is 306 g/mol. The molecule has 4 rings (SSSR count). The van der Waals surface area contributed by atoms with Gasteiger partial charge in [0.15, 0.2) is 11.2 Å². The van der Waals surface area contributed by atoms with Crippen molar-refractivity contribution >= 4 is 5.97 Å². The van der Waals surface area contributed by atoms with Crippen LogP contribution < -0.4 is 0 Å². The normalized spacial score (nSPS) is 27.1. The summed E-state index contributed by atoms with van der Waals surface area (Å²) in [6.07, 6.45) is 2.87. The topological polar surface area (TPSA) is 38.8 Å². The number of hydrogen-bond donors (Lipinski definition) is 0. The lowest BCUT2D eigenvalue weighted by molar-refractivity contribution is -0.161. The zero-order valence-corrected chi connectivity index (χ0v) is 12.8. The first-order valence-corrected chi connectivity index (χ1v) is 7.87. The van der Waals surface area contributed by atoms with Gasteiger partial charge in [0, 0.05) is 11.1 Å². The Morgan fingerprint density at radius 1 is 1.00 bits per heavy atom. The molecule has 3 nitrogen and oxygen atoms in total. The fourth-order valence-corrected chi connectivity index (χ4v) is 3.60. The van der Waals surface area contributed by atoms with Gasteiger partial charge >= 0.3 is 5.97 Å². The second-order valence-electron chi connectivity index (χ2n) is 6.07. The summed E-state index contributed by atoms with van der Waals surface area (Å²) in [5, 5.41) is 0. The van der Waals surface area contributed by atoms with E-state index in [1.54, 1.807) is 0 Å². The Balaban J connectivity index is 1.84. The molecule has 2 heterocycles. The van der Waals surface area contributed by atoms with E-state index in [4.69, 9.17) is 9.47 Å². The maximum absolute atomic E-state index is 12.6. The van der Waals surface area contributed by atoms with E-state index < -0.39 is 11.2 Å². The van der Waals surface area contributed by atoms with Gasteiger partial charge in [-0.1, -0.05) is 66.7 Å². The molecule has 0 aromatic heterocycles. The number of esters is 1. The van der Waals surface area contributed by atoms with Crippen molar-refractivity contribution < 1.29 is 14.3 Å². The first-order chi connectivity index (χ1) is 11.2. The molecular formula is C20H18O3. The molecule has 23 heavy (non-hydrogen) atoms. The van der Waals surface area contributed by atoms with E-state index in [9.17, 15) is 4.79 Å². The van der Waals surface area contributed by atoms with Crippen molar-refractivity contribution in [3.05, 3.63) is 84.4 Å². The molecule has 0 saturated carbocycles. The highest BCUT2D eigenvalue weighted by atomic mass is 16.7. The van der Waals surface area contributed by atoms with Gasteiger partial charge in [-0.25, -0.2) is 4.79 Å². The molecule has 0 unspecified atom stereocenters. The number of ether oxygens (including phenoxy) is 2. The molecular weight excluding hydrogens is 288 g/mol. The van der Waals surface area contributed by atoms with Crippen LogP contribution in [-0.2, 0) is 19.9 Å². The average Bonchev–Trinajstić information content (AvgIpc) is 3.30. The molecule has 2 atom stereocenters. The molecule has 0 N–H and O–H groups in total. The van der Waals surface area contributed by atoms with Gasteiger partial charge in [-0.15, -0.1) is 6.58 Å². The van der Waals surface area contributed by atoms with Crippen LogP contribution in [-0.4, -0.2) is 17.7 Å². The third-order valence-electron chi connectivity index (χ3n) is 4.79. The molecule has 2 fully saturated rings. The van der Waals surface area contributed by atoms with Crippen molar-refractivity contribution in [2.75, 3.05) is 0 Å². The Hall–Kier alpha value is -2.39. The summed E-state index contributed by atoms with van der Waals surface area (Å²) in [7, 11) is 0. The number of carbonyl (C=O) groups excluding carboxylic acids is 1. The van der Waals surface area contributed by atoms with Crippen LogP contribution in [0.15, 0.2) is 73.3 Å². The quantitative estimate of drug-likeness (QED) is 0.481. The number of benzene rings is 2. The number of allylic oxidation sites excluding steroid dienone is 1. The molecule has 2 aliphatic rings. The van der Waals surface area contributed by atoms with Gasteiger partial charge in [0.1, 0.15) is 6.10 Å². The predicted octanol–water partition coefficient (Wildman–Crippen LogP) is 3.59. The molecule has 0 aliphatic carbocycles. The lowest BCUT2D eigenvalue weighted by atomic mass is 9.80. The summed E-state index contributed by atoms with van der Waals surface area (Å²) in [5.74, 6) is -0.267. The highest BCUT2D eigenvalue weighted by Gasteiger charge is 2.79. The van der Waals surface area contributed by atoms with E-state index in [-0.39, 0.29) is 12.1 Å². The number of carbonyl (C=O) groups is 1. The summed E-state index contributed by atoms with van der Waals surface area (Å²) in [6, 6.07) is 19.7. The molecule has 116 valence electrons. The van der Waals surface area contributed by atoms with E-state index in [0.717, 1.165) is 17.5 Å². The largest absolute Gasteiger partial charge is 0.444 e. The summed E-state index contributed by atoms with van der Waals surface area (Å²) in [5.41, 5.74) is 0.214. The van der Waals surface area contributed by atoms with Gasteiger partial charge in [-0.05, 0) is 12.8 Å². The van der Waals surface area contributed by atoms with E-state index >= 15 is 0 Å². The van der Waals surface area contributed by atoms with Crippen molar-refractivity contribution in [1.29, 1.82) is 0 Å².